The van der Waals surface area contributed by atoms with Crippen LogP contribution in [0.1, 0.15) is 38.8 Å². The van der Waals surface area contributed by atoms with Gasteiger partial charge in [-0.2, -0.15) is 0 Å². The van der Waals surface area contributed by atoms with Gasteiger partial charge in [0.25, 0.3) is 0 Å². The fraction of sp³-hybridized carbons (Fsp3) is 0.333. The highest BCUT2D eigenvalue weighted by Gasteiger charge is 2.44. The van der Waals surface area contributed by atoms with Crippen LogP contribution >= 0.6 is 0 Å². The molecule has 1 aromatic heterocycles. The van der Waals surface area contributed by atoms with E-state index in [1.54, 1.807) is 76.2 Å². The summed E-state index contributed by atoms with van der Waals surface area (Å²) in [5, 5.41) is 12.3. The summed E-state index contributed by atoms with van der Waals surface area (Å²) in [7, 11) is 1.50. The van der Waals surface area contributed by atoms with Crippen molar-refractivity contribution in [2.75, 3.05) is 13.7 Å². The van der Waals surface area contributed by atoms with E-state index in [9.17, 15) is 14.7 Å². The monoisotopic (exact) mass is 425 g/mol. The summed E-state index contributed by atoms with van der Waals surface area (Å²) in [6.45, 7) is 7.04. The van der Waals surface area contributed by atoms with E-state index in [2.05, 4.69) is 0 Å². The van der Waals surface area contributed by atoms with Gasteiger partial charge in [-0.15, -0.1) is 0 Å². The quantitative estimate of drug-likeness (QED) is 0.616. The molecule has 7 heteroatoms. The van der Waals surface area contributed by atoms with Gasteiger partial charge in [0, 0.05) is 22.7 Å². The standard InChI is InChI=1S/C24H27NO6/c1-6-30-21(26)24(28,16-10-9-11-17(14-16)29-5)19-15-25(22(27)31-23(2,3)4)20-13-8-7-12-18(19)20/h7-15,28H,6H2,1-5H3/t24-/m1/s1. The van der Waals surface area contributed by atoms with Crippen molar-refractivity contribution in [2.45, 2.75) is 38.9 Å². The molecule has 0 amide bonds. The molecule has 3 rings (SSSR count). The topological polar surface area (TPSA) is 87.0 Å². The van der Waals surface area contributed by atoms with Gasteiger partial charge in [-0.3, -0.25) is 4.57 Å². The number of benzene rings is 2. The van der Waals surface area contributed by atoms with Gasteiger partial charge >= 0.3 is 12.1 Å². The van der Waals surface area contributed by atoms with Gasteiger partial charge in [-0.05, 0) is 45.9 Å². The van der Waals surface area contributed by atoms with Crippen LogP contribution in [0.3, 0.4) is 0 Å². The zero-order valence-electron chi connectivity index (χ0n) is 18.3. The number of carbonyl (C=O) groups excluding carboxylic acids is 2. The first kappa shape index (κ1) is 22.4. The molecule has 0 bridgehead atoms. The highest BCUT2D eigenvalue weighted by molar-refractivity contribution is 5.98. The van der Waals surface area contributed by atoms with E-state index in [4.69, 9.17) is 14.2 Å². The lowest BCUT2D eigenvalue weighted by Gasteiger charge is -2.26. The third kappa shape index (κ3) is 4.27. The van der Waals surface area contributed by atoms with Crippen LogP contribution in [0.5, 0.6) is 5.75 Å². The number of rotatable bonds is 5. The number of hydrogen-bond acceptors (Lipinski definition) is 6. The van der Waals surface area contributed by atoms with E-state index in [1.165, 1.54) is 17.9 Å². The molecule has 0 unspecified atom stereocenters. The van der Waals surface area contributed by atoms with Gasteiger partial charge in [0.15, 0.2) is 0 Å². The summed E-state index contributed by atoms with van der Waals surface area (Å²) < 4.78 is 17.3. The van der Waals surface area contributed by atoms with Gasteiger partial charge in [-0.1, -0.05) is 30.3 Å². The second-order valence-electron chi connectivity index (χ2n) is 8.07. The Hall–Kier alpha value is -3.32. The van der Waals surface area contributed by atoms with E-state index in [-0.39, 0.29) is 17.7 Å². The number of carbonyl (C=O) groups is 2. The smallest absolute Gasteiger partial charge is 0.419 e. The van der Waals surface area contributed by atoms with E-state index >= 15 is 0 Å². The number of fused-ring (bicyclic) bond motifs is 1. The van der Waals surface area contributed by atoms with E-state index in [1.807, 2.05) is 0 Å². The highest BCUT2D eigenvalue weighted by Crippen LogP contribution is 2.38. The summed E-state index contributed by atoms with van der Waals surface area (Å²) in [6.07, 6.45) is 0.807. The summed E-state index contributed by atoms with van der Waals surface area (Å²) >= 11 is 0. The SMILES string of the molecule is CCOC(=O)[C@@](O)(c1cccc(OC)c1)c1cn(C(=O)OC(C)(C)C)c2ccccc12. The van der Waals surface area contributed by atoms with Crippen molar-refractivity contribution in [1.29, 1.82) is 0 Å². The largest absolute Gasteiger partial charge is 0.497 e. The Balaban J connectivity index is 2.28. The molecule has 0 saturated carbocycles. The summed E-state index contributed by atoms with van der Waals surface area (Å²) in [5.41, 5.74) is -1.92. The Morgan fingerprint density at radius 1 is 1.06 bits per heavy atom. The predicted octanol–water partition coefficient (Wildman–Crippen LogP) is 4.23. The lowest BCUT2D eigenvalue weighted by molar-refractivity contribution is -0.161. The van der Waals surface area contributed by atoms with Crippen LogP contribution in [-0.2, 0) is 19.9 Å². The molecule has 1 heterocycles. The number of esters is 1. The third-order valence-electron chi connectivity index (χ3n) is 4.75. The van der Waals surface area contributed by atoms with Crippen molar-refractivity contribution in [1.82, 2.24) is 4.57 Å². The molecule has 0 radical (unpaired) electrons. The minimum Gasteiger partial charge on any atom is -0.497 e. The molecular weight excluding hydrogens is 398 g/mol. The molecule has 164 valence electrons. The minimum absolute atomic E-state index is 0.0792. The first-order valence-corrected chi connectivity index (χ1v) is 10.00. The maximum absolute atomic E-state index is 13.1. The molecule has 31 heavy (non-hydrogen) atoms. The van der Waals surface area contributed by atoms with Crippen molar-refractivity contribution < 1.29 is 28.9 Å². The highest BCUT2D eigenvalue weighted by atomic mass is 16.6. The van der Waals surface area contributed by atoms with Crippen LogP contribution in [0.4, 0.5) is 4.79 Å². The Morgan fingerprint density at radius 3 is 2.42 bits per heavy atom. The maximum Gasteiger partial charge on any atom is 0.419 e. The van der Waals surface area contributed by atoms with Crippen LogP contribution in [0.15, 0.2) is 54.7 Å². The number of ether oxygens (including phenoxy) is 3. The Morgan fingerprint density at radius 2 is 1.77 bits per heavy atom. The molecule has 0 aliphatic carbocycles. The van der Waals surface area contributed by atoms with Gasteiger partial charge < -0.3 is 19.3 Å². The van der Waals surface area contributed by atoms with Crippen molar-refractivity contribution >= 4 is 23.0 Å². The molecule has 0 aliphatic rings. The third-order valence-corrected chi connectivity index (χ3v) is 4.75. The predicted molar refractivity (Wildman–Crippen MR) is 116 cm³/mol. The number of aliphatic hydroxyl groups is 1. The van der Waals surface area contributed by atoms with E-state index in [0.29, 0.717) is 16.7 Å². The van der Waals surface area contributed by atoms with E-state index < -0.39 is 23.3 Å². The summed E-state index contributed by atoms with van der Waals surface area (Å²) in [5.74, 6) is -0.383. The molecule has 1 atom stereocenters. The molecule has 7 nitrogen and oxygen atoms in total. The molecule has 0 fully saturated rings. The first-order chi connectivity index (χ1) is 14.6. The second kappa shape index (κ2) is 8.43. The van der Waals surface area contributed by atoms with Gasteiger partial charge in [0.05, 0.1) is 19.2 Å². The molecular formula is C24H27NO6. The van der Waals surface area contributed by atoms with Crippen LogP contribution < -0.4 is 4.74 Å². The Labute approximate surface area is 181 Å². The fourth-order valence-electron chi connectivity index (χ4n) is 3.40. The molecule has 3 aromatic rings. The first-order valence-electron chi connectivity index (χ1n) is 10.00. The molecule has 1 N–H and O–H groups in total. The lowest BCUT2D eigenvalue weighted by Crippen LogP contribution is -2.38. The van der Waals surface area contributed by atoms with E-state index in [0.717, 1.165) is 0 Å². The zero-order valence-corrected chi connectivity index (χ0v) is 18.3. The number of nitrogens with zero attached hydrogens (tertiary/aromatic N) is 1. The Bertz CT molecular complexity index is 1110. The molecule has 0 saturated heterocycles. The van der Waals surface area contributed by atoms with Gasteiger partial charge in [0.1, 0.15) is 11.4 Å². The fourth-order valence-corrected chi connectivity index (χ4v) is 3.40. The number of hydrogen-bond donors (Lipinski definition) is 1. The van der Waals surface area contributed by atoms with Crippen molar-refractivity contribution in [2.24, 2.45) is 0 Å². The van der Waals surface area contributed by atoms with Gasteiger partial charge in [0.2, 0.25) is 5.60 Å². The van der Waals surface area contributed by atoms with Crippen LogP contribution in [-0.4, -0.2) is 41.1 Å². The normalized spacial score (nSPS) is 13.5. The second-order valence-corrected chi connectivity index (χ2v) is 8.07. The van der Waals surface area contributed by atoms with Crippen molar-refractivity contribution in [3.63, 3.8) is 0 Å². The minimum atomic E-state index is -2.17. The lowest BCUT2D eigenvalue weighted by atomic mass is 9.86. The number of para-hydroxylation sites is 1. The zero-order chi connectivity index (χ0) is 22.8. The van der Waals surface area contributed by atoms with Crippen LogP contribution in [0.25, 0.3) is 10.9 Å². The van der Waals surface area contributed by atoms with Crippen LogP contribution in [0, 0.1) is 0 Å². The molecule has 2 aromatic carbocycles. The summed E-state index contributed by atoms with van der Waals surface area (Å²) in [6, 6.07) is 13.5. The van der Waals surface area contributed by atoms with Crippen molar-refractivity contribution in [3.8, 4) is 5.75 Å². The maximum atomic E-state index is 13.1. The average molecular weight is 425 g/mol. The van der Waals surface area contributed by atoms with Crippen LogP contribution in [0.2, 0.25) is 0 Å². The summed E-state index contributed by atoms with van der Waals surface area (Å²) in [4.78, 5) is 25.9. The van der Waals surface area contributed by atoms with Gasteiger partial charge in [-0.25, -0.2) is 9.59 Å². The number of methoxy groups -OCH3 is 1. The average Bonchev–Trinajstić information content (AvgIpc) is 3.12. The molecule has 0 spiro atoms. The number of aromatic nitrogens is 1. The molecule has 0 aliphatic heterocycles. The van der Waals surface area contributed by atoms with Crippen molar-refractivity contribution in [3.05, 3.63) is 65.9 Å². The Kier molecular flexibility index (Phi) is 6.08.